The number of hydrogen-bond donors (Lipinski definition) is 1. The highest BCUT2D eigenvalue weighted by Gasteiger charge is 2.01. The number of aryl methyl sites for hydroxylation is 1. The molecule has 0 saturated carbocycles. The molecule has 1 N–H and O–H groups in total. The van der Waals surface area contributed by atoms with Crippen molar-refractivity contribution < 1.29 is 9.53 Å². The zero-order valence-corrected chi connectivity index (χ0v) is 9.06. The van der Waals surface area contributed by atoms with Gasteiger partial charge in [0, 0.05) is 20.0 Å². The van der Waals surface area contributed by atoms with Crippen LogP contribution in [0, 0.1) is 0 Å². The molecule has 0 radical (unpaired) electrons. The van der Waals surface area contributed by atoms with E-state index in [2.05, 4.69) is 15.4 Å². The second-order valence-electron chi connectivity index (χ2n) is 3.07. The summed E-state index contributed by atoms with van der Waals surface area (Å²) in [6.45, 7) is 3.11. The van der Waals surface area contributed by atoms with Gasteiger partial charge in [0.15, 0.2) is 5.82 Å². The summed E-state index contributed by atoms with van der Waals surface area (Å²) in [4.78, 5) is 15.0. The van der Waals surface area contributed by atoms with E-state index in [0.717, 1.165) is 5.82 Å². The molecule has 0 unspecified atom stereocenters. The van der Waals surface area contributed by atoms with Crippen LogP contribution in [-0.4, -0.2) is 40.4 Å². The van der Waals surface area contributed by atoms with E-state index in [4.69, 9.17) is 4.74 Å². The molecule has 0 amide bonds. The number of hydrogen-bond acceptors (Lipinski definition) is 5. The Bertz CT molecular complexity index is 311. The Kier molecular flexibility index (Phi) is 4.76. The van der Waals surface area contributed by atoms with Gasteiger partial charge in [-0.25, -0.2) is 4.98 Å². The molecular formula is C9H16N4O2. The first-order valence-corrected chi connectivity index (χ1v) is 4.93. The van der Waals surface area contributed by atoms with Crippen LogP contribution in [0.4, 0.5) is 0 Å². The molecule has 0 spiro atoms. The van der Waals surface area contributed by atoms with Gasteiger partial charge in [-0.3, -0.25) is 9.48 Å². The van der Waals surface area contributed by atoms with E-state index in [1.807, 2.05) is 7.05 Å². The van der Waals surface area contributed by atoms with E-state index >= 15 is 0 Å². The maximum absolute atomic E-state index is 10.9. The molecule has 6 nitrogen and oxygen atoms in total. The molecule has 6 heteroatoms. The number of carbonyl (C=O) groups excluding carboxylic acids is 1. The van der Waals surface area contributed by atoms with Crippen LogP contribution in [0.2, 0.25) is 0 Å². The number of nitrogens with one attached hydrogen (secondary N) is 1. The van der Waals surface area contributed by atoms with E-state index in [1.165, 1.54) is 0 Å². The fourth-order valence-corrected chi connectivity index (χ4v) is 1.10. The van der Waals surface area contributed by atoms with E-state index in [-0.39, 0.29) is 12.5 Å². The standard InChI is InChI=1S/C9H16N4O2/c1-3-15-9(14)6-10-5-4-8-11-7-13(2)12-8/h7,10H,3-6H2,1-2H3. The second kappa shape index (κ2) is 6.13. The van der Waals surface area contributed by atoms with Crippen LogP contribution in [0.25, 0.3) is 0 Å². The van der Waals surface area contributed by atoms with Crippen molar-refractivity contribution in [2.45, 2.75) is 13.3 Å². The van der Waals surface area contributed by atoms with Crippen molar-refractivity contribution in [3.8, 4) is 0 Å². The average Bonchev–Trinajstić information content (AvgIpc) is 2.60. The van der Waals surface area contributed by atoms with Crippen molar-refractivity contribution in [3.63, 3.8) is 0 Å². The molecule has 0 fully saturated rings. The number of rotatable bonds is 6. The lowest BCUT2D eigenvalue weighted by Crippen LogP contribution is -2.26. The van der Waals surface area contributed by atoms with Gasteiger partial charge in [-0.05, 0) is 6.92 Å². The summed E-state index contributed by atoms with van der Waals surface area (Å²) in [5.41, 5.74) is 0. The molecular weight excluding hydrogens is 196 g/mol. The molecule has 1 heterocycles. The summed E-state index contributed by atoms with van der Waals surface area (Å²) in [6, 6.07) is 0. The van der Waals surface area contributed by atoms with Crippen LogP contribution >= 0.6 is 0 Å². The third kappa shape index (κ3) is 4.55. The third-order valence-corrected chi connectivity index (χ3v) is 1.75. The minimum absolute atomic E-state index is 0.230. The fourth-order valence-electron chi connectivity index (χ4n) is 1.10. The van der Waals surface area contributed by atoms with Crippen LogP contribution in [-0.2, 0) is 23.0 Å². The van der Waals surface area contributed by atoms with Gasteiger partial charge in [0.05, 0.1) is 13.2 Å². The Morgan fingerprint density at radius 1 is 1.67 bits per heavy atom. The predicted molar refractivity (Wildman–Crippen MR) is 54.2 cm³/mol. The monoisotopic (exact) mass is 212 g/mol. The van der Waals surface area contributed by atoms with Gasteiger partial charge in [-0.2, -0.15) is 5.10 Å². The van der Waals surface area contributed by atoms with E-state index in [9.17, 15) is 4.79 Å². The molecule has 0 atom stereocenters. The van der Waals surface area contributed by atoms with E-state index in [1.54, 1.807) is 17.9 Å². The van der Waals surface area contributed by atoms with Gasteiger partial charge < -0.3 is 10.1 Å². The highest BCUT2D eigenvalue weighted by molar-refractivity contribution is 5.71. The van der Waals surface area contributed by atoms with Gasteiger partial charge in [0.1, 0.15) is 6.33 Å². The fraction of sp³-hybridized carbons (Fsp3) is 0.667. The van der Waals surface area contributed by atoms with Crippen molar-refractivity contribution in [1.82, 2.24) is 20.1 Å². The lowest BCUT2D eigenvalue weighted by atomic mass is 10.4. The van der Waals surface area contributed by atoms with Crippen LogP contribution < -0.4 is 5.32 Å². The molecule has 0 saturated heterocycles. The van der Waals surface area contributed by atoms with Crippen LogP contribution in [0.1, 0.15) is 12.7 Å². The number of carbonyl (C=O) groups is 1. The highest BCUT2D eigenvalue weighted by Crippen LogP contribution is 1.87. The van der Waals surface area contributed by atoms with E-state index in [0.29, 0.717) is 19.6 Å². The van der Waals surface area contributed by atoms with Crippen LogP contribution in [0.3, 0.4) is 0 Å². The molecule has 0 aliphatic heterocycles. The molecule has 0 aliphatic carbocycles. The van der Waals surface area contributed by atoms with Crippen molar-refractivity contribution in [3.05, 3.63) is 12.2 Å². The Morgan fingerprint density at radius 2 is 2.47 bits per heavy atom. The molecule has 84 valence electrons. The zero-order valence-electron chi connectivity index (χ0n) is 9.06. The summed E-state index contributed by atoms with van der Waals surface area (Å²) < 4.78 is 6.41. The molecule has 15 heavy (non-hydrogen) atoms. The Balaban J connectivity index is 2.09. The quantitative estimate of drug-likeness (QED) is 0.509. The lowest BCUT2D eigenvalue weighted by Gasteiger charge is -2.02. The van der Waals surface area contributed by atoms with Crippen LogP contribution in [0.15, 0.2) is 6.33 Å². The number of aromatic nitrogens is 3. The Hall–Kier alpha value is -1.43. The molecule has 1 aromatic heterocycles. The minimum Gasteiger partial charge on any atom is -0.465 e. The minimum atomic E-state index is -0.230. The summed E-state index contributed by atoms with van der Waals surface area (Å²) in [7, 11) is 1.82. The van der Waals surface area contributed by atoms with E-state index < -0.39 is 0 Å². The van der Waals surface area contributed by atoms with Gasteiger partial charge >= 0.3 is 5.97 Å². The largest absolute Gasteiger partial charge is 0.465 e. The first kappa shape index (κ1) is 11.6. The number of ether oxygens (including phenoxy) is 1. The van der Waals surface area contributed by atoms with Crippen molar-refractivity contribution in [1.29, 1.82) is 0 Å². The second-order valence-corrected chi connectivity index (χ2v) is 3.07. The summed E-state index contributed by atoms with van der Waals surface area (Å²) >= 11 is 0. The van der Waals surface area contributed by atoms with Crippen molar-refractivity contribution in [2.75, 3.05) is 19.7 Å². The summed E-state index contributed by atoms with van der Waals surface area (Å²) in [6.07, 6.45) is 2.36. The van der Waals surface area contributed by atoms with Gasteiger partial charge in [0.2, 0.25) is 0 Å². The predicted octanol–water partition coefficient (Wildman–Crippen LogP) is -0.490. The summed E-state index contributed by atoms with van der Waals surface area (Å²) in [5.74, 6) is 0.542. The van der Waals surface area contributed by atoms with Crippen molar-refractivity contribution in [2.24, 2.45) is 7.05 Å². The van der Waals surface area contributed by atoms with Gasteiger partial charge in [-0.1, -0.05) is 0 Å². The van der Waals surface area contributed by atoms with Gasteiger partial charge in [-0.15, -0.1) is 0 Å². The topological polar surface area (TPSA) is 69.0 Å². The molecule has 0 aliphatic rings. The highest BCUT2D eigenvalue weighted by atomic mass is 16.5. The first-order valence-electron chi connectivity index (χ1n) is 4.93. The Labute approximate surface area is 88.6 Å². The SMILES string of the molecule is CCOC(=O)CNCCc1ncn(C)n1. The number of nitrogens with zero attached hydrogens (tertiary/aromatic N) is 3. The summed E-state index contributed by atoms with van der Waals surface area (Å²) in [5, 5.41) is 7.08. The molecule has 1 aromatic rings. The molecule has 0 aromatic carbocycles. The molecule has 1 rings (SSSR count). The maximum Gasteiger partial charge on any atom is 0.319 e. The normalized spacial score (nSPS) is 10.3. The Morgan fingerprint density at radius 3 is 3.07 bits per heavy atom. The lowest BCUT2D eigenvalue weighted by molar-refractivity contribution is -0.141. The third-order valence-electron chi connectivity index (χ3n) is 1.75. The first-order chi connectivity index (χ1) is 7.22. The van der Waals surface area contributed by atoms with Crippen LogP contribution in [0.5, 0.6) is 0 Å². The van der Waals surface area contributed by atoms with Crippen molar-refractivity contribution >= 4 is 5.97 Å². The maximum atomic E-state index is 10.9. The smallest absolute Gasteiger partial charge is 0.319 e. The number of esters is 1. The zero-order chi connectivity index (χ0) is 11.1. The molecule has 0 bridgehead atoms. The van der Waals surface area contributed by atoms with Gasteiger partial charge in [0.25, 0.3) is 0 Å². The average molecular weight is 212 g/mol.